The first-order chi connectivity index (χ1) is 8.41. The summed E-state index contributed by atoms with van der Waals surface area (Å²) in [5.74, 6) is -2.36. The van der Waals surface area contributed by atoms with Crippen molar-refractivity contribution in [1.82, 2.24) is 0 Å². The van der Waals surface area contributed by atoms with E-state index in [1.807, 2.05) is 0 Å². The molecule has 0 aliphatic rings. The van der Waals surface area contributed by atoms with Crippen molar-refractivity contribution in [3.63, 3.8) is 0 Å². The summed E-state index contributed by atoms with van der Waals surface area (Å²) in [6.07, 6.45) is 0. The third-order valence-corrected chi connectivity index (χ3v) is 2.26. The van der Waals surface area contributed by atoms with E-state index in [1.54, 1.807) is 25.1 Å². The van der Waals surface area contributed by atoms with Gasteiger partial charge in [-0.2, -0.15) is 0 Å². The van der Waals surface area contributed by atoms with Crippen molar-refractivity contribution >= 4 is 40.9 Å². The SMILES string of the molecule is Cc1cccc(C(=NOC(=O)C(Cl)Cl)C(=O)O)c1. The Morgan fingerprint density at radius 3 is 2.56 bits per heavy atom. The highest BCUT2D eigenvalue weighted by Gasteiger charge is 2.17. The van der Waals surface area contributed by atoms with Gasteiger partial charge in [0.1, 0.15) is 0 Å². The molecule has 1 aromatic carbocycles. The molecular formula is C11H9Cl2NO4. The van der Waals surface area contributed by atoms with Crippen LogP contribution in [0.5, 0.6) is 0 Å². The highest BCUT2D eigenvalue weighted by Crippen LogP contribution is 2.08. The van der Waals surface area contributed by atoms with E-state index in [-0.39, 0.29) is 0 Å². The van der Waals surface area contributed by atoms with Crippen LogP contribution in [0.1, 0.15) is 11.1 Å². The Bertz CT molecular complexity index is 500. The van der Waals surface area contributed by atoms with Crippen LogP contribution in [0.15, 0.2) is 29.4 Å². The minimum atomic E-state index is -1.42. The molecule has 1 aromatic rings. The molecular weight excluding hydrogens is 281 g/mol. The molecule has 0 saturated carbocycles. The van der Waals surface area contributed by atoms with E-state index in [4.69, 9.17) is 28.3 Å². The summed E-state index contributed by atoms with van der Waals surface area (Å²) >= 11 is 10.5. The minimum absolute atomic E-state index is 0.316. The van der Waals surface area contributed by atoms with E-state index in [0.717, 1.165) is 5.56 Å². The van der Waals surface area contributed by atoms with E-state index < -0.39 is 22.5 Å². The van der Waals surface area contributed by atoms with Gasteiger partial charge in [0.25, 0.3) is 0 Å². The fourth-order valence-electron chi connectivity index (χ4n) is 1.14. The van der Waals surface area contributed by atoms with Crippen molar-refractivity contribution in [2.45, 2.75) is 11.8 Å². The number of carbonyl (C=O) groups is 2. The lowest BCUT2D eigenvalue weighted by molar-refractivity contribution is -0.141. The number of hydrogen-bond acceptors (Lipinski definition) is 4. The first-order valence-electron chi connectivity index (χ1n) is 4.79. The molecule has 1 rings (SSSR count). The van der Waals surface area contributed by atoms with Gasteiger partial charge in [-0.25, -0.2) is 9.59 Å². The van der Waals surface area contributed by atoms with Crippen molar-refractivity contribution in [3.05, 3.63) is 35.4 Å². The minimum Gasteiger partial charge on any atom is -0.476 e. The lowest BCUT2D eigenvalue weighted by Crippen LogP contribution is -2.17. The van der Waals surface area contributed by atoms with E-state index in [0.29, 0.717) is 5.56 Å². The fraction of sp³-hybridized carbons (Fsp3) is 0.182. The molecule has 0 saturated heterocycles. The number of hydrogen-bond donors (Lipinski definition) is 1. The van der Waals surface area contributed by atoms with E-state index in [2.05, 4.69) is 9.99 Å². The van der Waals surface area contributed by atoms with Crippen molar-refractivity contribution in [1.29, 1.82) is 0 Å². The lowest BCUT2D eigenvalue weighted by Gasteiger charge is -2.03. The summed E-state index contributed by atoms with van der Waals surface area (Å²) in [5, 5.41) is 12.2. The lowest BCUT2D eigenvalue weighted by atomic mass is 10.1. The monoisotopic (exact) mass is 289 g/mol. The van der Waals surface area contributed by atoms with Crippen LogP contribution in [0.4, 0.5) is 0 Å². The summed E-state index contributed by atoms with van der Waals surface area (Å²) in [6.45, 7) is 1.79. The molecule has 1 N–H and O–H groups in total. The Labute approximate surface area is 113 Å². The van der Waals surface area contributed by atoms with Crippen LogP contribution in [-0.2, 0) is 14.4 Å². The fourth-order valence-corrected chi connectivity index (χ4v) is 1.22. The molecule has 0 aromatic heterocycles. The van der Waals surface area contributed by atoms with E-state index >= 15 is 0 Å². The van der Waals surface area contributed by atoms with E-state index in [9.17, 15) is 9.59 Å². The van der Waals surface area contributed by atoms with Crippen molar-refractivity contribution in [2.75, 3.05) is 0 Å². The molecule has 5 nitrogen and oxygen atoms in total. The molecule has 0 bridgehead atoms. The summed E-state index contributed by atoms with van der Waals surface area (Å²) in [7, 11) is 0. The average molecular weight is 290 g/mol. The molecule has 0 atom stereocenters. The zero-order valence-electron chi connectivity index (χ0n) is 9.26. The van der Waals surface area contributed by atoms with Gasteiger partial charge in [0.15, 0.2) is 5.71 Å². The third kappa shape index (κ3) is 4.01. The summed E-state index contributed by atoms with van der Waals surface area (Å²) in [4.78, 5) is 24.9. The maximum Gasteiger partial charge on any atom is 0.367 e. The molecule has 0 spiro atoms. The van der Waals surface area contributed by atoms with E-state index in [1.165, 1.54) is 6.07 Å². The second kappa shape index (κ2) is 6.37. The molecule has 0 fully saturated rings. The molecule has 0 amide bonds. The number of carboxylic acid groups (broad SMARTS) is 1. The average Bonchev–Trinajstić information content (AvgIpc) is 2.28. The predicted molar refractivity (Wildman–Crippen MR) is 66.9 cm³/mol. The Morgan fingerprint density at radius 1 is 1.39 bits per heavy atom. The van der Waals surface area contributed by atoms with Crippen LogP contribution < -0.4 is 0 Å². The van der Waals surface area contributed by atoms with Crippen molar-refractivity contribution in [3.8, 4) is 0 Å². The zero-order valence-corrected chi connectivity index (χ0v) is 10.8. The van der Waals surface area contributed by atoms with Gasteiger partial charge in [0, 0.05) is 5.56 Å². The second-order valence-corrected chi connectivity index (χ2v) is 4.42. The van der Waals surface area contributed by atoms with Gasteiger partial charge in [-0.05, 0) is 13.0 Å². The number of aryl methyl sites for hydroxylation is 1. The Morgan fingerprint density at radius 2 is 2.06 bits per heavy atom. The van der Waals surface area contributed by atoms with Crippen LogP contribution in [0, 0.1) is 6.92 Å². The normalized spacial score (nSPS) is 11.4. The molecule has 0 radical (unpaired) electrons. The smallest absolute Gasteiger partial charge is 0.367 e. The number of benzene rings is 1. The second-order valence-electron chi connectivity index (χ2n) is 3.33. The van der Waals surface area contributed by atoms with Gasteiger partial charge in [0.2, 0.25) is 4.84 Å². The third-order valence-electron chi connectivity index (χ3n) is 1.90. The summed E-state index contributed by atoms with van der Waals surface area (Å²) in [5.41, 5.74) is 0.761. The number of aliphatic carboxylic acids is 1. The number of alkyl halides is 2. The van der Waals surface area contributed by atoms with Crippen molar-refractivity contribution < 1.29 is 19.5 Å². The predicted octanol–water partition coefficient (Wildman–Crippen LogP) is 2.13. The number of halogens is 2. The molecule has 0 aliphatic carbocycles. The molecule has 0 aliphatic heterocycles. The van der Waals surface area contributed by atoms with Gasteiger partial charge >= 0.3 is 11.9 Å². The number of nitrogens with zero attached hydrogens (tertiary/aromatic N) is 1. The molecule has 96 valence electrons. The highest BCUT2D eigenvalue weighted by molar-refractivity contribution is 6.53. The Hall–Kier alpha value is -1.59. The van der Waals surface area contributed by atoms with Crippen LogP contribution in [-0.4, -0.2) is 27.6 Å². The largest absolute Gasteiger partial charge is 0.476 e. The maximum atomic E-state index is 11.0. The number of carbonyl (C=O) groups excluding carboxylic acids is 1. The van der Waals surface area contributed by atoms with Crippen LogP contribution in [0.2, 0.25) is 0 Å². The quantitative estimate of drug-likeness (QED) is 0.399. The van der Waals surface area contributed by atoms with Gasteiger partial charge < -0.3 is 9.94 Å². The molecule has 0 unspecified atom stereocenters. The van der Waals surface area contributed by atoms with Gasteiger partial charge in [-0.3, -0.25) is 0 Å². The number of carboxylic acids is 1. The topological polar surface area (TPSA) is 76.0 Å². The molecule has 0 heterocycles. The Balaban J connectivity index is 3.00. The number of oxime groups is 1. The van der Waals surface area contributed by atoms with Crippen molar-refractivity contribution in [2.24, 2.45) is 5.16 Å². The first kappa shape index (κ1) is 14.5. The van der Waals surface area contributed by atoms with Crippen LogP contribution in [0.25, 0.3) is 0 Å². The Kier molecular flexibility index (Phi) is 5.12. The van der Waals surface area contributed by atoms with Gasteiger partial charge in [-0.15, -0.1) is 0 Å². The van der Waals surface area contributed by atoms with Crippen LogP contribution in [0.3, 0.4) is 0 Å². The summed E-state index contributed by atoms with van der Waals surface area (Å²) < 4.78 is 0. The maximum absolute atomic E-state index is 11.0. The summed E-state index contributed by atoms with van der Waals surface area (Å²) in [6, 6.07) is 6.59. The number of rotatable bonds is 4. The zero-order chi connectivity index (χ0) is 13.7. The standard InChI is InChI=1S/C11H9Cl2NO4/c1-6-3-2-4-7(5-6)8(10(15)16)14-18-11(17)9(12)13/h2-5,9H,1H3,(H,15,16). The van der Waals surface area contributed by atoms with Gasteiger partial charge in [-0.1, -0.05) is 52.1 Å². The molecule has 18 heavy (non-hydrogen) atoms. The highest BCUT2D eigenvalue weighted by atomic mass is 35.5. The van der Waals surface area contributed by atoms with Crippen LogP contribution >= 0.6 is 23.2 Å². The molecule has 7 heteroatoms. The van der Waals surface area contributed by atoms with Gasteiger partial charge in [0.05, 0.1) is 0 Å². The first-order valence-corrected chi connectivity index (χ1v) is 5.66.